The Morgan fingerprint density at radius 2 is 1.90 bits per heavy atom. The summed E-state index contributed by atoms with van der Waals surface area (Å²) in [5.41, 5.74) is 0.0569. The number of rotatable bonds is 4. The van der Waals surface area contributed by atoms with Gasteiger partial charge >= 0.3 is 0 Å². The van der Waals surface area contributed by atoms with Crippen LogP contribution in [-0.2, 0) is 21.2 Å². The number of hydrogen-bond donors (Lipinski definition) is 0. The summed E-state index contributed by atoms with van der Waals surface area (Å²) in [5.74, 6) is -0.862. The zero-order valence-electron chi connectivity index (χ0n) is 13.1. The van der Waals surface area contributed by atoms with Gasteiger partial charge in [-0.1, -0.05) is 12.1 Å². The lowest BCUT2D eigenvalue weighted by Crippen LogP contribution is -2.50. The molecule has 1 amide bonds. The number of nitrogens with zero attached hydrogens (tertiary/aromatic N) is 1. The molecule has 0 N–H and O–H groups in total. The number of sulfone groups is 1. The fraction of sp³-hybridized carbons (Fsp3) is 0.533. The third kappa shape index (κ3) is 4.81. The lowest BCUT2D eigenvalue weighted by Gasteiger charge is -2.37. The predicted molar refractivity (Wildman–Crippen MR) is 81.0 cm³/mol. The van der Waals surface area contributed by atoms with Crippen LogP contribution >= 0.6 is 0 Å². The molecule has 1 rings (SSSR count). The number of benzene rings is 1. The molecule has 1 aromatic rings. The van der Waals surface area contributed by atoms with Gasteiger partial charge in [-0.05, 0) is 45.4 Å². The molecule has 0 heterocycles. The summed E-state index contributed by atoms with van der Waals surface area (Å²) in [6.07, 6.45) is 1.04. The van der Waals surface area contributed by atoms with Crippen molar-refractivity contribution in [2.75, 3.05) is 6.26 Å². The lowest BCUT2D eigenvalue weighted by molar-refractivity contribution is -0.136. The lowest BCUT2D eigenvalue weighted by atomic mass is 10.0. The number of halogens is 1. The minimum Gasteiger partial charge on any atom is -0.332 e. The molecule has 0 unspecified atom stereocenters. The van der Waals surface area contributed by atoms with E-state index in [1.165, 1.54) is 24.0 Å². The highest BCUT2D eigenvalue weighted by Gasteiger charge is 2.34. The van der Waals surface area contributed by atoms with Gasteiger partial charge in [0.25, 0.3) is 0 Å². The van der Waals surface area contributed by atoms with Crippen molar-refractivity contribution in [1.82, 2.24) is 4.90 Å². The first-order valence-electron chi connectivity index (χ1n) is 6.67. The van der Waals surface area contributed by atoms with Gasteiger partial charge in [-0.15, -0.1) is 0 Å². The quantitative estimate of drug-likeness (QED) is 0.857. The highest BCUT2D eigenvalue weighted by Crippen LogP contribution is 2.20. The average molecular weight is 315 g/mol. The maximum Gasteiger partial charge on any atom is 0.241 e. The zero-order chi connectivity index (χ0) is 16.4. The smallest absolute Gasteiger partial charge is 0.241 e. The molecule has 0 saturated heterocycles. The van der Waals surface area contributed by atoms with Crippen molar-refractivity contribution in [2.24, 2.45) is 0 Å². The van der Waals surface area contributed by atoms with E-state index in [9.17, 15) is 17.6 Å². The topological polar surface area (TPSA) is 54.5 Å². The van der Waals surface area contributed by atoms with Gasteiger partial charge in [-0.25, -0.2) is 12.8 Å². The van der Waals surface area contributed by atoms with Crippen molar-refractivity contribution >= 4 is 15.7 Å². The van der Waals surface area contributed by atoms with E-state index in [2.05, 4.69) is 0 Å². The highest BCUT2D eigenvalue weighted by molar-refractivity contribution is 7.92. The third-order valence-electron chi connectivity index (χ3n) is 3.30. The van der Waals surface area contributed by atoms with Crippen molar-refractivity contribution in [2.45, 2.75) is 45.0 Å². The molecule has 1 aromatic carbocycles. The molecule has 4 nitrogen and oxygen atoms in total. The number of hydrogen-bond acceptors (Lipinski definition) is 3. The normalized spacial score (nSPS) is 13.8. The van der Waals surface area contributed by atoms with Crippen LogP contribution in [0, 0.1) is 5.82 Å². The predicted octanol–water partition coefficient (Wildman–Crippen LogP) is 2.39. The molecule has 1 atom stereocenters. The van der Waals surface area contributed by atoms with E-state index in [0.717, 1.165) is 6.26 Å². The molecule has 0 bridgehead atoms. The van der Waals surface area contributed by atoms with E-state index >= 15 is 0 Å². The van der Waals surface area contributed by atoms with E-state index in [1.54, 1.807) is 12.1 Å². The van der Waals surface area contributed by atoms with Crippen LogP contribution in [0.25, 0.3) is 0 Å². The number of carbonyl (C=O) groups excluding carboxylic acids is 1. The van der Waals surface area contributed by atoms with Crippen LogP contribution in [-0.4, -0.2) is 36.3 Å². The molecule has 21 heavy (non-hydrogen) atoms. The Bertz CT molecular complexity index is 620. The summed E-state index contributed by atoms with van der Waals surface area (Å²) >= 11 is 0. The van der Waals surface area contributed by atoms with Gasteiger partial charge in [0.2, 0.25) is 5.91 Å². The summed E-state index contributed by atoms with van der Waals surface area (Å²) in [7, 11) is -3.47. The maximum atomic E-state index is 13.3. The Kier molecular flexibility index (Phi) is 5.15. The second-order valence-corrected chi connectivity index (χ2v) is 8.56. The summed E-state index contributed by atoms with van der Waals surface area (Å²) in [6, 6.07) is 5.94. The van der Waals surface area contributed by atoms with Crippen LogP contribution in [0.15, 0.2) is 24.3 Å². The minimum absolute atomic E-state index is 0.167. The van der Waals surface area contributed by atoms with Crippen molar-refractivity contribution in [3.05, 3.63) is 35.6 Å². The fourth-order valence-corrected chi connectivity index (χ4v) is 2.36. The second-order valence-electron chi connectivity index (χ2n) is 6.20. The van der Waals surface area contributed by atoms with Crippen molar-refractivity contribution in [1.29, 1.82) is 0 Å². The molecule has 0 spiro atoms. The summed E-state index contributed by atoms with van der Waals surface area (Å²) < 4.78 is 36.5. The van der Waals surface area contributed by atoms with Crippen molar-refractivity contribution in [3.8, 4) is 0 Å². The second kappa shape index (κ2) is 6.13. The molecule has 0 aliphatic carbocycles. The first-order chi connectivity index (χ1) is 9.43. The van der Waals surface area contributed by atoms with Crippen molar-refractivity contribution < 1.29 is 17.6 Å². The molecular formula is C15H22FNO3S. The van der Waals surface area contributed by atoms with E-state index in [4.69, 9.17) is 0 Å². The summed E-state index contributed by atoms with van der Waals surface area (Å²) in [5, 5.41) is -1.12. The van der Waals surface area contributed by atoms with Gasteiger partial charge in [0.1, 0.15) is 11.1 Å². The fourth-order valence-electron chi connectivity index (χ4n) is 1.87. The van der Waals surface area contributed by atoms with Gasteiger partial charge in [0, 0.05) is 18.3 Å². The standard InChI is InChI=1S/C15H22FNO3S/c1-11(21(5,19)20)14(18)17(15(2,3)4)10-12-7-6-8-13(16)9-12/h6-9,11H,10H2,1-5H3/t11-/m0/s1. The summed E-state index contributed by atoms with van der Waals surface area (Å²) in [6.45, 7) is 7.00. The number of amides is 1. The van der Waals surface area contributed by atoms with E-state index in [1.807, 2.05) is 20.8 Å². The molecule has 0 aromatic heterocycles. The first kappa shape index (κ1) is 17.6. The van der Waals surface area contributed by atoms with Crippen LogP contribution in [0.1, 0.15) is 33.3 Å². The molecule has 0 aliphatic rings. The Labute approximate surface area is 125 Å². The molecule has 0 fully saturated rings. The van der Waals surface area contributed by atoms with Gasteiger partial charge in [0.05, 0.1) is 0 Å². The zero-order valence-corrected chi connectivity index (χ0v) is 13.9. The van der Waals surface area contributed by atoms with Crippen LogP contribution in [0.4, 0.5) is 4.39 Å². The monoisotopic (exact) mass is 315 g/mol. The number of carbonyl (C=O) groups is 1. The van der Waals surface area contributed by atoms with Gasteiger partial charge in [-0.2, -0.15) is 0 Å². The Balaban J connectivity index is 3.11. The Morgan fingerprint density at radius 1 is 1.33 bits per heavy atom. The van der Waals surface area contributed by atoms with Gasteiger partial charge in [-0.3, -0.25) is 4.79 Å². The van der Waals surface area contributed by atoms with Crippen LogP contribution < -0.4 is 0 Å². The molecule has 6 heteroatoms. The Hall–Kier alpha value is -1.43. The Morgan fingerprint density at radius 3 is 2.33 bits per heavy atom. The molecule has 0 saturated carbocycles. The highest BCUT2D eigenvalue weighted by atomic mass is 32.2. The van der Waals surface area contributed by atoms with E-state index < -0.39 is 26.5 Å². The molecular weight excluding hydrogens is 293 g/mol. The maximum absolute atomic E-state index is 13.3. The van der Waals surface area contributed by atoms with Crippen LogP contribution in [0.5, 0.6) is 0 Å². The van der Waals surface area contributed by atoms with Gasteiger partial charge < -0.3 is 4.90 Å². The van der Waals surface area contributed by atoms with Crippen molar-refractivity contribution in [3.63, 3.8) is 0 Å². The molecule has 118 valence electrons. The summed E-state index contributed by atoms with van der Waals surface area (Å²) in [4.78, 5) is 13.9. The SMILES string of the molecule is C[C@@H](C(=O)N(Cc1cccc(F)c1)C(C)(C)C)S(C)(=O)=O. The van der Waals surface area contributed by atoms with Gasteiger partial charge in [0.15, 0.2) is 9.84 Å². The van der Waals surface area contributed by atoms with E-state index in [-0.39, 0.29) is 12.4 Å². The van der Waals surface area contributed by atoms with Crippen LogP contribution in [0.2, 0.25) is 0 Å². The van der Waals surface area contributed by atoms with E-state index in [0.29, 0.717) is 5.56 Å². The third-order valence-corrected chi connectivity index (χ3v) is 4.78. The minimum atomic E-state index is -3.47. The first-order valence-corrected chi connectivity index (χ1v) is 8.63. The average Bonchev–Trinajstić information content (AvgIpc) is 2.32. The van der Waals surface area contributed by atoms with Crippen LogP contribution in [0.3, 0.4) is 0 Å². The largest absolute Gasteiger partial charge is 0.332 e. The molecule has 0 aliphatic heterocycles. The molecule has 0 radical (unpaired) electrons.